The van der Waals surface area contributed by atoms with Gasteiger partial charge in [0.2, 0.25) is 0 Å². The lowest BCUT2D eigenvalue weighted by Crippen LogP contribution is -2.03. The highest BCUT2D eigenvalue weighted by Crippen LogP contribution is 2.15. The molecule has 1 rings (SSSR count). The Bertz CT molecular complexity index is 357. The van der Waals surface area contributed by atoms with Crippen LogP contribution in [0.4, 0.5) is 5.82 Å². The van der Waals surface area contributed by atoms with Gasteiger partial charge in [0.25, 0.3) is 0 Å². The predicted molar refractivity (Wildman–Crippen MR) is 41.2 cm³/mol. The molecular formula is C6H7N3O4. The molecule has 0 aliphatic carbocycles. The average molecular weight is 185 g/mol. The van der Waals surface area contributed by atoms with Crippen LogP contribution >= 0.6 is 0 Å². The van der Waals surface area contributed by atoms with E-state index in [2.05, 4.69) is 9.84 Å². The van der Waals surface area contributed by atoms with Crippen LogP contribution in [0.3, 0.4) is 0 Å². The summed E-state index contributed by atoms with van der Waals surface area (Å²) in [6, 6.07) is 0. The van der Waals surface area contributed by atoms with E-state index in [0.29, 0.717) is 0 Å². The first kappa shape index (κ1) is 9.17. The largest absolute Gasteiger partial charge is 0.465 e. The first-order valence-corrected chi connectivity index (χ1v) is 3.32. The van der Waals surface area contributed by atoms with Crippen molar-refractivity contribution in [2.24, 2.45) is 7.05 Å². The summed E-state index contributed by atoms with van der Waals surface area (Å²) in [6.07, 6.45) is 1.24. The molecule has 0 amide bonds. The highest BCUT2D eigenvalue weighted by molar-refractivity contribution is 5.92. The Hall–Kier alpha value is -1.92. The van der Waals surface area contributed by atoms with Crippen molar-refractivity contribution in [3.8, 4) is 0 Å². The molecular weight excluding hydrogens is 178 g/mol. The Balaban J connectivity index is 3.19. The number of rotatable bonds is 2. The van der Waals surface area contributed by atoms with Crippen molar-refractivity contribution in [1.29, 1.82) is 0 Å². The van der Waals surface area contributed by atoms with Gasteiger partial charge in [-0.05, 0) is 4.92 Å². The highest BCUT2D eigenvalue weighted by Gasteiger charge is 2.25. The van der Waals surface area contributed by atoms with E-state index in [4.69, 9.17) is 0 Å². The number of carbonyl (C=O) groups is 1. The van der Waals surface area contributed by atoms with Gasteiger partial charge in [0.05, 0.1) is 25.5 Å². The third kappa shape index (κ3) is 1.63. The van der Waals surface area contributed by atoms with E-state index in [1.807, 2.05) is 0 Å². The molecule has 7 heteroatoms. The highest BCUT2D eigenvalue weighted by atomic mass is 16.6. The second kappa shape index (κ2) is 3.21. The van der Waals surface area contributed by atoms with Crippen LogP contribution in [0.2, 0.25) is 0 Å². The van der Waals surface area contributed by atoms with Crippen molar-refractivity contribution in [2.45, 2.75) is 0 Å². The normalized spacial score (nSPS) is 9.69. The minimum Gasteiger partial charge on any atom is -0.465 e. The van der Waals surface area contributed by atoms with Crippen LogP contribution in [0.25, 0.3) is 0 Å². The van der Waals surface area contributed by atoms with Gasteiger partial charge in [0, 0.05) is 0 Å². The number of hydrogen-bond acceptors (Lipinski definition) is 5. The molecule has 0 aromatic carbocycles. The van der Waals surface area contributed by atoms with Gasteiger partial charge in [-0.15, -0.1) is 0 Å². The van der Waals surface area contributed by atoms with Gasteiger partial charge in [0.15, 0.2) is 5.56 Å². The molecule has 0 saturated heterocycles. The molecule has 0 saturated carbocycles. The van der Waals surface area contributed by atoms with Gasteiger partial charge in [-0.2, -0.15) is 4.68 Å². The zero-order valence-electron chi connectivity index (χ0n) is 7.05. The Labute approximate surface area is 73.1 Å². The lowest BCUT2D eigenvalue weighted by Gasteiger charge is -1.93. The zero-order chi connectivity index (χ0) is 10.0. The van der Waals surface area contributed by atoms with E-state index in [0.717, 1.165) is 7.11 Å². The number of nitrogens with zero attached hydrogens (tertiary/aromatic N) is 3. The minimum absolute atomic E-state index is 0.144. The first-order chi connectivity index (χ1) is 6.06. The van der Waals surface area contributed by atoms with Gasteiger partial charge < -0.3 is 14.9 Å². The first-order valence-electron chi connectivity index (χ1n) is 3.32. The average Bonchev–Trinajstić information content (AvgIpc) is 2.46. The SMILES string of the molecule is COC(=O)c1cn(C)nc1[N+](=O)[O-]. The molecule has 0 atom stereocenters. The summed E-state index contributed by atoms with van der Waals surface area (Å²) in [6.45, 7) is 0. The predicted octanol–water partition coefficient (Wildman–Crippen LogP) is 0.115. The summed E-state index contributed by atoms with van der Waals surface area (Å²) in [5, 5.41) is 13.9. The monoisotopic (exact) mass is 185 g/mol. The summed E-state index contributed by atoms with van der Waals surface area (Å²) >= 11 is 0. The van der Waals surface area contributed by atoms with Gasteiger partial charge in [0.1, 0.15) is 0 Å². The quantitative estimate of drug-likeness (QED) is 0.371. The zero-order valence-corrected chi connectivity index (χ0v) is 7.05. The fraction of sp³-hybridized carbons (Fsp3) is 0.333. The van der Waals surface area contributed by atoms with E-state index in [1.165, 1.54) is 17.9 Å². The van der Waals surface area contributed by atoms with Crippen LogP contribution in [0.5, 0.6) is 0 Å². The number of hydrogen-bond donors (Lipinski definition) is 0. The molecule has 0 aliphatic rings. The smallest absolute Gasteiger partial charge is 0.404 e. The Morgan fingerprint density at radius 3 is 2.85 bits per heavy atom. The van der Waals surface area contributed by atoms with Crippen LogP contribution in [-0.4, -0.2) is 27.8 Å². The summed E-state index contributed by atoms with van der Waals surface area (Å²) in [7, 11) is 2.64. The second-order valence-electron chi connectivity index (χ2n) is 2.29. The van der Waals surface area contributed by atoms with Crippen LogP contribution in [0, 0.1) is 10.1 Å². The lowest BCUT2D eigenvalue weighted by atomic mass is 10.3. The van der Waals surface area contributed by atoms with Crippen molar-refractivity contribution >= 4 is 11.8 Å². The number of aryl methyl sites for hydroxylation is 1. The summed E-state index contributed by atoms with van der Waals surface area (Å²) in [5.41, 5.74) is -0.144. The van der Waals surface area contributed by atoms with Crippen LogP contribution < -0.4 is 0 Å². The standard InChI is InChI=1S/C6H7N3O4/c1-8-3-4(6(10)13-2)5(7-8)9(11)12/h3H,1-2H3. The number of nitro groups is 1. The molecule has 70 valence electrons. The fourth-order valence-corrected chi connectivity index (χ4v) is 0.866. The molecule has 0 radical (unpaired) electrons. The molecule has 0 unspecified atom stereocenters. The van der Waals surface area contributed by atoms with Crippen LogP contribution in [0.1, 0.15) is 10.4 Å². The van der Waals surface area contributed by atoms with Crippen LogP contribution in [-0.2, 0) is 11.8 Å². The summed E-state index contributed by atoms with van der Waals surface area (Å²) in [5.74, 6) is -1.26. The number of methoxy groups -OCH3 is 1. The molecule has 0 N–H and O–H groups in total. The third-order valence-corrected chi connectivity index (χ3v) is 1.39. The van der Waals surface area contributed by atoms with Crippen molar-refractivity contribution in [3.05, 3.63) is 21.9 Å². The number of ether oxygens (including phenoxy) is 1. The van der Waals surface area contributed by atoms with Crippen molar-refractivity contribution in [3.63, 3.8) is 0 Å². The molecule has 1 aromatic rings. The number of aromatic nitrogens is 2. The Kier molecular flexibility index (Phi) is 2.27. The topological polar surface area (TPSA) is 87.3 Å². The summed E-state index contributed by atoms with van der Waals surface area (Å²) < 4.78 is 5.53. The Morgan fingerprint density at radius 2 is 2.38 bits per heavy atom. The molecule has 1 heterocycles. The van der Waals surface area contributed by atoms with Crippen molar-refractivity contribution in [1.82, 2.24) is 9.78 Å². The van der Waals surface area contributed by atoms with E-state index >= 15 is 0 Å². The summed E-state index contributed by atoms with van der Waals surface area (Å²) in [4.78, 5) is 20.6. The van der Waals surface area contributed by atoms with Crippen molar-refractivity contribution in [2.75, 3.05) is 7.11 Å². The van der Waals surface area contributed by atoms with Gasteiger partial charge in [-0.3, -0.25) is 0 Å². The number of esters is 1. The second-order valence-corrected chi connectivity index (χ2v) is 2.29. The van der Waals surface area contributed by atoms with Crippen LogP contribution in [0.15, 0.2) is 6.20 Å². The maximum absolute atomic E-state index is 11.0. The van der Waals surface area contributed by atoms with E-state index in [-0.39, 0.29) is 5.56 Å². The minimum atomic E-state index is -0.764. The molecule has 0 bridgehead atoms. The van der Waals surface area contributed by atoms with E-state index in [9.17, 15) is 14.9 Å². The molecule has 0 spiro atoms. The fourth-order valence-electron chi connectivity index (χ4n) is 0.866. The molecule has 0 fully saturated rings. The molecule has 7 nitrogen and oxygen atoms in total. The van der Waals surface area contributed by atoms with E-state index in [1.54, 1.807) is 0 Å². The molecule has 0 aliphatic heterocycles. The maximum Gasteiger partial charge on any atom is 0.404 e. The van der Waals surface area contributed by atoms with E-state index < -0.39 is 16.7 Å². The lowest BCUT2D eigenvalue weighted by molar-refractivity contribution is -0.390. The van der Waals surface area contributed by atoms with Crippen molar-refractivity contribution < 1.29 is 14.5 Å². The maximum atomic E-state index is 11.0. The Morgan fingerprint density at radius 1 is 1.77 bits per heavy atom. The van der Waals surface area contributed by atoms with Gasteiger partial charge in [-0.1, -0.05) is 0 Å². The third-order valence-electron chi connectivity index (χ3n) is 1.39. The number of carbonyl (C=O) groups excluding carboxylic acids is 1. The molecule has 1 aromatic heterocycles. The molecule has 13 heavy (non-hydrogen) atoms. The van der Waals surface area contributed by atoms with Gasteiger partial charge in [-0.25, -0.2) is 4.79 Å². The van der Waals surface area contributed by atoms with Gasteiger partial charge >= 0.3 is 11.8 Å².